The lowest BCUT2D eigenvalue weighted by molar-refractivity contribution is 0.0955. The average molecular weight is 527 g/mol. The molecule has 154 valence electrons. The largest absolute Gasteiger partial charge is 0.488 e. The highest BCUT2D eigenvalue weighted by Gasteiger charge is 2.10. The van der Waals surface area contributed by atoms with E-state index in [0.29, 0.717) is 38.6 Å². The number of hydrazone groups is 1. The standard InChI is InChI=1S/C22H16BrCl3N2O2/c1-13-2-5-17(19(25)8-13)22(29)28-27-11-15-10-16(23)4-7-21(15)30-12-14-3-6-18(24)20(26)9-14/h2-11H,12H2,1H3,(H,28,29)/b27-11-. The third-order valence-electron chi connectivity index (χ3n) is 4.09. The summed E-state index contributed by atoms with van der Waals surface area (Å²) in [6.07, 6.45) is 1.51. The van der Waals surface area contributed by atoms with E-state index in [1.807, 2.05) is 37.3 Å². The fourth-order valence-corrected chi connectivity index (χ4v) is 3.59. The lowest BCUT2D eigenvalue weighted by atomic mass is 10.1. The molecule has 0 fully saturated rings. The van der Waals surface area contributed by atoms with Gasteiger partial charge in [0.05, 0.1) is 26.8 Å². The summed E-state index contributed by atoms with van der Waals surface area (Å²) in [6, 6.07) is 16.0. The summed E-state index contributed by atoms with van der Waals surface area (Å²) in [6.45, 7) is 2.20. The molecule has 0 saturated carbocycles. The van der Waals surface area contributed by atoms with Gasteiger partial charge in [-0.25, -0.2) is 5.43 Å². The Morgan fingerprint density at radius 1 is 1.03 bits per heavy atom. The van der Waals surface area contributed by atoms with Crippen LogP contribution in [0, 0.1) is 6.92 Å². The summed E-state index contributed by atoms with van der Waals surface area (Å²) in [7, 11) is 0. The van der Waals surface area contributed by atoms with Gasteiger partial charge in [0.1, 0.15) is 12.4 Å². The maximum Gasteiger partial charge on any atom is 0.272 e. The second-order valence-corrected chi connectivity index (χ2v) is 8.54. The molecule has 3 aromatic rings. The fraction of sp³-hybridized carbons (Fsp3) is 0.0909. The molecule has 1 amide bonds. The van der Waals surface area contributed by atoms with E-state index in [0.717, 1.165) is 15.6 Å². The Hall–Kier alpha value is -2.05. The topological polar surface area (TPSA) is 50.7 Å². The monoisotopic (exact) mass is 524 g/mol. The molecule has 0 bridgehead atoms. The summed E-state index contributed by atoms with van der Waals surface area (Å²) in [5, 5.41) is 5.37. The van der Waals surface area contributed by atoms with Crippen LogP contribution in [0.4, 0.5) is 0 Å². The minimum atomic E-state index is -0.399. The van der Waals surface area contributed by atoms with Crippen molar-refractivity contribution in [3.8, 4) is 5.75 Å². The van der Waals surface area contributed by atoms with Crippen LogP contribution in [0.15, 0.2) is 64.2 Å². The van der Waals surface area contributed by atoms with E-state index < -0.39 is 5.91 Å². The number of carbonyl (C=O) groups excluding carboxylic acids is 1. The van der Waals surface area contributed by atoms with Crippen LogP contribution in [0.25, 0.3) is 0 Å². The number of amides is 1. The van der Waals surface area contributed by atoms with Crippen molar-refractivity contribution in [2.75, 3.05) is 0 Å². The van der Waals surface area contributed by atoms with Gasteiger partial charge in [-0.05, 0) is 60.5 Å². The van der Waals surface area contributed by atoms with Crippen LogP contribution in [0.1, 0.15) is 27.0 Å². The van der Waals surface area contributed by atoms with Crippen LogP contribution >= 0.6 is 50.7 Å². The van der Waals surface area contributed by atoms with Gasteiger partial charge in [-0.1, -0.05) is 62.9 Å². The van der Waals surface area contributed by atoms with E-state index >= 15 is 0 Å². The summed E-state index contributed by atoms with van der Waals surface area (Å²) >= 11 is 21.6. The molecule has 0 aliphatic rings. The molecular formula is C22H16BrCl3N2O2. The van der Waals surface area contributed by atoms with Crippen molar-refractivity contribution in [3.63, 3.8) is 0 Å². The SMILES string of the molecule is Cc1ccc(C(=O)N/N=C\c2cc(Br)ccc2OCc2ccc(Cl)c(Cl)c2)c(Cl)c1. The van der Waals surface area contributed by atoms with Gasteiger partial charge in [0.25, 0.3) is 5.91 Å². The summed E-state index contributed by atoms with van der Waals surface area (Å²) < 4.78 is 6.75. The van der Waals surface area contributed by atoms with Crippen LogP contribution < -0.4 is 10.2 Å². The van der Waals surface area contributed by atoms with Crippen molar-refractivity contribution < 1.29 is 9.53 Å². The second-order valence-electron chi connectivity index (χ2n) is 6.40. The number of nitrogens with one attached hydrogen (secondary N) is 1. The van der Waals surface area contributed by atoms with Gasteiger partial charge in [0.15, 0.2) is 0 Å². The number of benzene rings is 3. The van der Waals surface area contributed by atoms with Crippen molar-refractivity contribution >= 4 is 62.9 Å². The lowest BCUT2D eigenvalue weighted by Gasteiger charge is -2.10. The van der Waals surface area contributed by atoms with Crippen molar-refractivity contribution in [1.82, 2.24) is 5.43 Å². The molecule has 30 heavy (non-hydrogen) atoms. The van der Waals surface area contributed by atoms with Gasteiger partial charge >= 0.3 is 0 Å². The number of nitrogens with zero attached hydrogens (tertiary/aromatic N) is 1. The van der Waals surface area contributed by atoms with E-state index in [9.17, 15) is 4.79 Å². The number of halogens is 4. The number of hydrogen-bond acceptors (Lipinski definition) is 3. The first-order valence-electron chi connectivity index (χ1n) is 8.79. The summed E-state index contributed by atoms with van der Waals surface area (Å²) in [4.78, 5) is 12.3. The molecule has 0 aliphatic heterocycles. The first kappa shape index (κ1) is 22.6. The first-order chi connectivity index (χ1) is 14.3. The molecule has 0 unspecified atom stereocenters. The maximum atomic E-state index is 12.3. The molecule has 0 heterocycles. The Morgan fingerprint density at radius 2 is 1.83 bits per heavy atom. The number of carbonyl (C=O) groups is 1. The van der Waals surface area contributed by atoms with Crippen molar-refractivity contribution in [2.24, 2.45) is 5.10 Å². The second kappa shape index (κ2) is 10.3. The van der Waals surface area contributed by atoms with E-state index in [1.54, 1.807) is 24.3 Å². The predicted molar refractivity (Wildman–Crippen MR) is 126 cm³/mol. The molecule has 1 N–H and O–H groups in total. The van der Waals surface area contributed by atoms with Gasteiger partial charge in [0, 0.05) is 10.0 Å². The van der Waals surface area contributed by atoms with Crippen molar-refractivity contribution in [2.45, 2.75) is 13.5 Å². The highest BCUT2D eigenvalue weighted by Crippen LogP contribution is 2.26. The Labute approximate surface area is 197 Å². The third-order valence-corrected chi connectivity index (χ3v) is 5.63. The first-order valence-corrected chi connectivity index (χ1v) is 10.7. The van der Waals surface area contributed by atoms with Gasteiger partial charge in [-0.2, -0.15) is 5.10 Å². The molecule has 8 heteroatoms. The number of ether oxygens (including phenoxy) is 1. The maximum absolute atomic E-state index is 12.3. The zero-order valence-electron chi connectivity index (χ0n) is 15.8. The zero-order chi connectivity index (χ0) is 21.7. The van der Waals surface area contributed by atoms with E-state index in [4.69, 9.17) is 39.5 Å². The predicted octanol–water partition coefficient (Wildman–Crippen LogP) is 7.06. The van der Waals surface area contributed by atoms with Gasteiger partial charge in [-0.3, -0.25) is 4.79 Å². The number of aryl methyl sites for hydroxylation is 1. The molecule has 0 aliphatic carbocycles. The van der Waals surface area contributed by atoms with E-state index in [1.165, 1.54) is 6.21 Å². The number of rotatable bonds is 6. The van der Waals surface area contributed by atoms with Crippen LogP contribution in [0.5, 0.6) is 5.75 Å². The fourth-order valence-electron chi connectivity index (χ4n) is 2.57. The Kier molecular flexibility index (Phi) is 7.78. The third kappa shape index (κ3) is 5.99. The van der Waals surface area contributed by atoms with E-state index in [-0.39, 0.29) is 0 Å². The van der Waals surface area contributed by atoms with Gasteiger partial charge in [-0.15, -0.1) is 0 Å². The lowest BCUT2D eigenvalue weighted by Crippen LogP contribution is -2.18. The molecule has 4 nitrogen and oxygen atoms in total. The van der Waals surface area contributed by atoms with Crippen LogP contribution in [-0.4, -0.2) is 12.1 Å². The van der Waals surface area contributed by atoms with Crippen LogP contribution in [-0.2, 0) is 6.61 Å². The van der Waals surface area contributed by atoms with Crippen LogP contribution in [0.3, 0.4) is 0 Å². The zero-order valence-corrected chi connectivity index (χ0v) is 19.6. The minimum Gasteiger partial charge on any atom is -0.488 e. The highest BCUT2D eigenvalue weighted by atomic mass is 79.9. The minimum absolute atomic E-state index is 0.296. The number of hydrogen-bond donors (Lipinski definition) is 1. The summed E-state index contributed by atoms with van der Waals surface area (Å²) in [5.41, 5.74) is 5.36. The Bertz CT molecular complexity index is 1120. The molecule has 0 aromatic heterocycles. The highest BCUT2D eigenvalue weighted by molar-refractivity contribution is 9.10. The Morgan fingerprint density at radius 3 is 2.57 bits per heavy atom. The van der Waals surface area contributed by atoms with Gasteiger partial charge in [0.2, 0.25) is 0 Å². The average Bonchev–Trinajstić information content (AvgIpc) is 2.69. The molecule has 0 spiro atoms. The summed E-state index contributed by atoms with van der Waals surface area (Å²) in [5.74, 6) is 0.195. The Balaban J connectivity index is 1.71. The molecule has 0 atom stereocenters. The van der Waals surface area contributed by atoms with Crippen molar-refractivity contribution in [1.29, 1.82) is 0 Å². The molecular weight excluding hydrogens is 511 g/mol. The molecule has 3 rings (SSSR count). The van der Waals surface area contributed by atoms with Crippen molar-refractivity contribution in [3.05, 3.63) is 96.4 Å². The normalized spacial score (nSPS) is 11.0. The van der Waals surface area contributed by atoms with Gasteiger partial charge < -0.3 is 4.74 Å². The smallest absolute Gasteiger partial charge is 0.272 e. The quantitative estimate of drug-likeness (QED) is 0.276. The molecule has 3 aromatic carbocycles. The van der Waals surface area contributed by atoms with Crippen LogP contribution in [0.2, 0.25) is 15.1 Å². The van der Waals surface area contributed by atoms with E-state index in [2.05, 4.69) is 26.5 Å². The molecule has 0 radical (unpaired) electrons. The molecule has 0 saturated heterocycles.